The minimum Gasteiger partial charge on any atom is -0.258 e. The number of benzene rings is 1. The van der Waals surface area contributed by atoms with Gasteiger partial charge < -0.3 is 0 Å². The molecule has 0 unspecified atom stereocenters. The first-order chi connectivity index (χ1) is 9.58. The van der Waals surface area contributed by atoms with E-state index in [1.165, 1.54) is 12.5 Å². The molecule has 1 saturated carbocycles. The molecular formula is C16H20N2O2. The average Bonchev–Trinajstić information content (AvgIpc) is 2.48. The summed E-state index contributed by atoms with van der Waals surface area (Å²) in [5, 5.41) is 20.4. The molecule has 0 atom stereocenters. The van der Waals surface area contributed by atoms with E-state index in [4.69, 9.17) is 0 Å². The van der Waals surface area contributed by atoms with Crippen LogP contribution in [0.1, 0.15) is 44.6 Å². The van der Waals surface area contributed by atoms with Crippen molar-refractivity contribution in [1.82, 2.24) is 0 Å². The minimum atomic E-state index is -0.378. The van der Waals surface area contributed by atoms with Crippen LogP contribution in [0.25, 0.3) is 0 Å². The zero-order chi connectivity index (χ0) is 14.6. The van der Waals surface area contributed by atoms with Gasteiger partial charge in [-0.1, -0.05) is 25.5 Å². The Morgan fingerprint density at radius 1 is 1.45 bits per heavy atom. The van der Waals surface area contributed by atoms with Crippen LogP contribution in [0.5, 0.6) is 0 Å². The topological polar surface area (TPSA) is 66.9 Å². The van der Waals surface area contributed by atoms with Crippen molar-refractivity contribution >= 4 is 5.69 Å². The second-order valence-corrected chi connectivity index (χ2v) is 5.85. The lowest BCUT2D eigenvalue weighted by atomic mass is 9.68. The van der Waals surface area contributed by atoms with E-state index in [1.807, 2.05) is 6.07 Å². The Bertz CT molecular complexity index is 526. The minimum absolute atomic E-state index is 0.109. The number of non-ortho nitro benzene ring substituents is 1. The Kier molecular flexibility index (Phi) is 4.39. The largest absolute Gasteiger partial charge is 0.269 e. The van der Waals surface area contributed by atoms with Crippen LogP contribution >= 0.6 is 0 Å². The van der Waals surface area contributed by atoms with Crippen molar-refractivity contribution in [3.8, 4) is 6.07 Å². The van der Waals surface area contributed by atoms with E-state index in [1.54, 1.807) is 12.1 Å². The van der Waals surface area contributed by atoms with Crippen LogP contribution in [0.2, 0.25) is 0 Å². The lowest BCUT2D eigenvalue weighted by Crippen LogP contribution is -2.28. The van der Waals surface area contributed by atoms with Crippen molar-refractivity contribution in [2.75, 3.05) is 0 Å². The van der Waals surface area contributed by atoms with Gasteiger partial charge in [-0.05, 0) is 43.6 Å². The van der Waals surface area contributed by atoms with Gasteiger partial charge in [-0.25, -0.2) is 0 Å². The fraction of sp³-hybridized carbons (Fsp3) is 0.562. The Morgan fingerprint density at radius 2 is 2.15 bits per heavy atom. The van der Waals surface area contributed by atoms with Gasteiger partial charge in [0.25, 0.3) is 5.69 Å². The summed E-state index contributed by atoms with van der Waals surface area (Å²) in [5.74, 6) is 0.738. The van der Waals surface area contributed by atoms with E-state index < -0.39 is 0 Å². The van der Waals surface area contributed by atoms with Crippen molar-refractivity contribution in [3.05, 3.63) is 39.9 Å². The molecule has 0 spiro atoms. The summed E-state index contributed by atoms with van der Waals surface area (Å²) in [6.45, 7) is 2.20. The molecule has 1 aliphatic carbocycles. The van der Waals surface area contributed by atoms with E-state index in [-0.39, 0.29) is 16.0 Å². The second kappa shape index (κ2) is 6.04. The highest BCUT2D eigenvalue weighted by molar-refractivity contribution is 5.35. The third-order valence-electron chi connectivity index (χ3n) is 4.54. The molecule has 1 aromatic carbocycles. The molecule has 1 aliphatic rings. The molecule has 4 heteroatoms. The number of rotatable bonds is 4. The summed E-state index contributed by atoms with van der Waals surface area (Å²) in [7, 11) is 0. The van der Waals surface area contributed by atoms with E-state index in [9.17, 15) is 15.4 Å². The fourth-order valence-corrected chi connectivity index (χ4v) is 3.14. The highest BCUT2D eigenvalue weighted by atomic mass is 16.6. The first kappa shape index (κ1) is 14.5. The molecule has 0 aromatic heterocycles. The van der Waals surface area contributed by atoms with E-state index in [2.05, 4.69) is 13.0 Å². The molecule has 0 radical (unpaired) electrons. The van der Waals surface area contributed by atoms with Crippen LogP contribution < -0.4 is 0 Å². The first-order valence-corrected chi connectivity index (χ1v) is 7.23. The van der Waals surface area contributed by atoms with Gasteiger partial charge in [-0.2, -0.15) is 5.26 Å². The molecule has 0 saturated heterocycles. The summed E-state index contributed by atoms with van der Waals surface area (Å²) in [6, 6.07) is 9.18. The Labute approximate surface area is 119 Å². The highest BCUT2D eigenvalue weighted by Crippen LogP contribution is 2.42. The standard InChI is InChI=1S/C16H20N2O2/c1-2-13-6-8-16(12-17,9-7-13)11-14-4-3-5-15(10-14)18(19)20/h3-5,10,13H,2,6-9,11H2,1H3. The molecule has 4 nitrogen and oxygen atoms in total. The van der Waals surface area contributed by atoms with Crippen LogP contribution in [0.4, 0.5) is 5.69 Å². The number of hydrogen-bond acceptors (Lipinski definition) is 3. The SMILES string of the molecule is CCC1CCC(C#N)(Cc2cccc([N+](=O)[O-])c2)CC1. The molecule has 0 aliphatic heterocycles. The predicted molar refractivity (Wildman–Crippen MR) is 77.1 cm³/mol. The lowest BCUT2D eigenvalue weighted by Gasteiger charge is -2.34. The van der Waals surface area contributed by atoms with Crippen LogP contribution in [-0.2, 0) is 6.42 Å². The van der Waals surface area contributed by atoms with Gasteiger partial charge in [-0.3, -0.25) is 10.1 Å². The number of nitriles is 1. The Balaban J connectivity index is 2.13. The van der Waals surface area contributed by atoms with Gasteiger partial charge in [0, 0.05) is 12.1 Å². The van der Waals surface area contributed by atoms with Gasteiger partial charge in [0.1, 0.15) is 0 Å². The van der Waals surface area contributed by atoms with Gasteiger partial charge in [-0.15, -0.1) is 0 Å². The molecule has 106 valence electrons. The lowest BCUT2D eigenvalue weighted by molar-refractivity contribution is -0.384. The molecule has 1 fully saturated rings. The van der Waals surface area contributed by atoms with E-state index in [0.29, 0.717) is 6.42 Å². The van der Waals surface area contributed by atoms with Crippen molar-refractivity contribution in [3.63, 3.8) is 0 Å². The number of nitrogens with zero attached hydrogens (tertiary/aromatic N) is 2. The first-order valence-electron chi connectivity index (χ1n) is 7.23. The summed E-state index contributed by atoms with van der Waals surface area (Å²) in [6.07, 6.45) is 5.81. The number of hydrogen-bond donors (Lipinski definition) is 0. The summed E-state index contributed by atoms with van der Waals surface area (Å²) < 4.78 is 0. The van der Waals surface area contributed by atoms with Crippen molar-refractivity contribution in [2.45, 2.75) is 45.4 Å². The van der Waals surface area contributed by atoms with Crippen molar-refractivity contribution in [1.29, 1.82) is 5.26 Å². The normalized spacial score (nSPS) is 25.9. The van der Waals surface area contributed by atoms with Gasteiger partial charge >= 0.3 is 0 Å². The molecule has 0 N–H and O–H groups in total. The van der Waals surface area contributed by atoms with Gasteiger partial charge in [0.15, 0.2) is 0 Å². The molecule has 0 bridgehead atoms. The molecule has 0 amide bonds. The maximum atomic E-state index is 10.8. The smallest absolute Gasteiger partial charge is 0.258 e. The number of nitro groups is 1. The fourth-order valence-electron chi connectivity index (χ4n) is 3.14. The van der Waals surface area contributed by atoms with E-state index >= 15 is 0 Å². The summed E-state index contributed by atoms with van der Waals surface area (Å²) in [4.78, 5) is 10.4. The van der Waals surface area contributed by atoms with Crippen molar-refractivity contribution in [2.24, 2.45) is 11.3 Å². The summed E-state index contributed by atoms with van der Waals surface area (Å²) >= 11 is 0. The van der Waals surface area contributed by atoms with Crippen LogP contribution in [0, 0.1) is 32.8 Å². The molecule has 2 rings (SSSR count). The van der Waals surface area contributed by atoms with Crippen LogP contribution in [0.15, 0.2) is 24.3 Å². The number of nitro benzene ring substituents is 1. The average molecular weight is 272 g/mol. The highest BCUT2D eigenvalue weighted by Gasteiger charge is 2.35. The van der Waals surface area contributed by atoms with Crippen LogP contribution in [-0.4, -0.2) is 4.92 Å². The van der Waals surface area contributed by atoms with Crippen molar-refractivity contribution < 1.29 is 4.92 Å². The van der Waals surface area contributed by atoms with Gasteiger partial charge in [0.05, 0.1) is 16.4 Å². The zero-order valence-corrected chi connectivity index (χ0v) is 11.8. The monoisotopic (exact) mass is 272 g/mol. The van der Waals surface area contributed by atoms with Gasteiger partial charge in [0.2, 0.25) is 0 Å². The van der Waals surface area contributed by atoms with Crippen LogP contribution in [0.3, 0.4) is 0 Å². The second-order valence-electron chi connectivity index (χ2n) is 5.85. The quantitative estimate of drug-likeness (QED) is 0.608. The Morgan fingerprint density at radius 3 is 2.70 bits per heavy atom. The summed E-state index contributed by atoms with van der Waals surface area (Å²) in [5.41, 5.74) is 0.675. The molecular weight excluding hydrogens is 252 g/mol. The maximum Gasteiger partial charge on any atom is 0.269 e. The zero-order valence-electron chi connectivity index (χ0n) is 11.8. The molecule has 20 heavy (non-hydrogen) atoms. The maximum absolute atomic E-state index is 10.8. The Hall–Kier alpha value is -1.89. The predicted octanol–water partition coefficient (Wildman–Crippen LogP) is 4.25. The molecule has 0 heterocycles. The third-order valence-corrected chi connectivity index (χ3v) is 4.54. The van der Waals surface area contributed by atoms with E-state index in [0.717, 1.165) is 37.2 Å². The third kappa shape index (κ3) is 3.16. The molecule has 1 aromatic rings.